The number of halogens is 4. The van der Waals surface area contributed by atoms with Crippen LogP contribution >= 0.6 is 0 Å². The predicted molar refractivity (Wildman–Crippen MR) is 157 cm³/mol. The number of carbonyl (C=O) groups excluding carboxylic acids is 2. The van der Waals surface area contributed by atoms with Crippen LogP contribution in [-0.2, 0) is 15.8 Å². The average Bonchev–Trinajstić information content (AvgIpc) is 3.35. The molecular formula is C32H30F4N4O6. The fourth-order valence-corrected chi connectivity index (χ4v) is 4.90. The maximum Gasteiger partial charge on any atom is 0.424 e. The van der Waals surface area contributed by atoms with E-state index in [2.05, 4.69) is 15.3 Å². The summed E-state index contributed by atoms with van der Waals surface area (Å²) in [5, 5.41) is 24.0. The van der Waals surface area contributed by atoms with Gasteiger partial charge in [0.1, 0.15) is 47.2 Å². The van der Waals surface area contributed by atoms with Crippen molar-refractivity contribution < 1.29 is 46.8 Å². The number of hydrogen-bond donors (Lipinski definition) is 4. The number of benzene rings is 2. The highest BCUT2D eigenvalue weighted by Crippen LogP contribution is 2.47. The normalized spacial score (nSPS) is 17.6. The van der Waals surface area contributed by atoms with Gasteiger partial charge in [0.2, 0.25) is 11.5 Å². The van der Waals surface area contributed by atoms with E-state index in [1.807, 2.05) is 0 Å². The summed E-state index contributed by atoms with van der Waals surface area (Å²) in [5.41, 5.74) is -1.82. The Morgan fingerprint density at radius 2 is 1.80 bits per heavy atom. The van der Waals surface area contributed by atoms with Crippen molar-refractivity contribution in [1.29, 1.82) is 0 Å². The van der Waals surface area contributed by atoms with Gasteiger partial charge in [-0.15, -0.1) is 0 Å². The zero-order valence-corrected chi connectivity index (χ0v) is 24.9. The summed E-state index contributed by atoms with van der Waals surface area (Å²) in [7, 11) is 0. The number of nitrogens with zero attached hydrogens (tertiary/aromatic N) is 2. The van der Waals surface area contributed by atoms with Gasteiger partial charge in [-0.2, -0.15) is 13.2 Å². The van der Waals surface area contributed by atoms with Gasteiger partial charge in [0.05, 0.1) is 17.8 Å². The van der Waals surface area contributed by atoms with Gasteiger partial charge in [-0.25, -0.2) is 9.37 Å². The van der Waals surface area contributed by atoms with E-state index in [1.54, 1.807) is 12.1 Å². The predicted octanol–water partition coefficient (Wildman–Crippen LogP) is 3.90. The van der Waals surface area contributed by atoms with Crippen LogP contribution in [0.2, 0.25) is 0 Å². The molecule has 2 amide bonds. The van der Waals surface area contributed by atoms with E-state index in [-0.39, 0.29) is 47.1 Å². The van der Waals surface area contributed by atoms with E-state index in [9.17, 15) is 37.4 Å². The number of alkyl halides is 3. The molecule has 0 saturated heterocycles. The molecule has 2 aromatic heterocycles. The molecule has 0 aliphatic carbocycles. The van der Waals surface area contributed by atoms with Gasteiger partial charge in [0.15, 0.2) is 0 Å². The molecule has 5 rings (SSSR count). The number of ether oxygens (including phenoxy) is 2. The Balaban J connectivity index is 1.56. The molecule has 0 radical (unpaired) electrons. The van der Waals surface area contributed by atoms with E-state index in [0.717, 1.165) is 18.2 Å². The highest BCUT2D eigenvalue weighted by Gasteiger charge is 2.57. The SMILES string of the molecule is CC(C)(O)COc1cc(C(=O)NC[C@](O)(c2cc3c(c(-c4ccc(F)cc4)n2)OC[C@]3(C)C(N)=O)C(F)(F)F)cc2cccnc12. The molecule has 242 valence electrons. The molecule has 10 nitrogen and oxygen atoms in total. The van der Waals surface area contributed by atoms with Crippen molar-refractivity contribution >= 4 is 22.7 Å². The molecule has 46 heavy (non-hydrogen) atoms. The number of nitrogens with one attached hydrogen (secondary N) is 1. The Hall–Kier alpha value is -4.82. The van der Waals surface area contributed by atoms with Crippen LogP contribution in [0.15, 0.2) is 60.8 Å². The van der Waals surface area contributed by atoms with Crippen LogP contribution < -0.4 is 20.5 Å². The number of primary amides is 1. The minimum Gasteiger partial charge on any atom is -0.489 e. The first-order valence-electron chi connectivity index (χ1n) is 14.0. The first kappa shape index (κ1) is 32.6. The lowest BCUT2D eigenvalue weighted by Crippen LogP contribution is -2.51. The molecule has 0 unspecified atom stereocenters. The molecule has 14 heteroatoms. The number of aliphatic hydroxyl groups is 2. The summed E-state index contributed by atoms with van der Waals surface area (Å²) in [5.74, 6) is -2.45. The molecule has 4 aromatic rings. The van der Waals surface area contributed by atoms with Crippen LogP contribution in [0.5, 0.6) is 11.5 Å². The summed E-state index contributed by atoms with van der Waals surface area (Å²) in [6, 6.07) is 11.4. The zero-order valence-electron chi connectivity index (χ0n) is 24.9. The third-order valence-electron chi connectivity index (χ3n) is 7.64. The van der Waals surface area contributed by atoms with Crippen LogP contribution in [0.1, 0.15) is 42.4 Å². The lowest BCUT2D eigenvalue weighted by atomic mass is 9.81. The minimum absolute atomic E-state index is 0.0476. The quantitative estimate of drug-likeness (QED) is 0.200. The minimum atomic E-state index is -5.39. The number of pyridine rings is 2. The Morgan fingerprint density at radius 3 is 2.43 bits per heavy atom. The average molecular weight is 643 g/mol. The molecular weight excluding hydrogens is 612 g/mol. The van der Waals surface area contributed by atoms with E-state index in [4.69, 9.17) is 15.2 Å². The molecule has 3 heterocycles. The highest BCUT2D eigenvalue weighted by molar-refractivity contribution is 6.00. The van der Waals surface area contributed by atoms with Crippen LogP contribution in [-0.4, -0.2) is 63.5 Å². The Bertz CT molecular complexity index is 1830. The van der Waals surface area contributed by atoms with Gasteiger partial charge in [0.25, 0.3) is 5.91 Å². The maximum atomic E-state index is 14.8. The number of rotatable bonds is 9. The van der Waals surface area contributed by atoms with Crippen molar-refractivity contribution in [2.45, 2.75) is 43.6 Å². The van der Waals surface area contributed by atoms with Gasteiger partial charge >= 0.3 is 6.18 Å². The molecule has 0 saturated carbocycles. The van der Waals surface area contributed by atoms with E-state index in [1.165, 1.54) is 51.2 Å². The largest absolute Gasteiger partial charge is 0.489 e. The fraction of sp³-hybridized carbons (Fsp3) is 0.312. The highest BCUT2D eigenvalue weighted by atomic mass is 19.4. The van der Waals surface area contributed by atoms with E-state index < -0.39 is 52.7 Å². The molecule has 0 fully saturated rings. The van der Waals surface area contributed by atoms with Crippen LogP contribution in [0.3, 0.4) is 0 Å². The topological polar surface area (TPSA) is 157 Å². The smallest absolute Gasteiger partial charge is 0.424 e. The van der Waals surface area contributed by atoms with Gasteiger partial charge in [-0.3, -0.25) is 14.6 Å². The maximum absolute atomic E-state index is 14.8. The second-order valence-electron chi connectivity index (χ2n) is 11.9. The van der Waals surface area contributed by atoms with E-state index >= 15 is 0 Å². The van der Waals surface area contributed by atoms with Crippen molar-refractivity contribution in [1.82, 2.24) is 15.3 Å². The summed E-state index contributed by atoms with van der Waals surface area (Å²) in [6.07, 6.45) is -3.90. The van der Waals surface area contributed by atoms with Crippen molar-refractivity contribution in [3.05, 3.63) is 83.4 Å². The molecule has 0 bridgehead atoms. The fourth-order valence-electron chi connectivity index (χ4n) is 4.90. The third kappa shape index (κ3) is 6.05. The van der Waals surface area contributed by atoms with Gasteiger partial charge in [-0.1, -0.05) is 6.07 Å². The van der Waals surface area contributed by atoms with Crippen LogP contribution in [0.25, 0.3) is 22.2 Å². The van der Waals surface area contributed by atoms with Crippen LogP contribution in [0, 0.1) is 5.82 Å². The van der Waals surface area contributed by atoms with Crippen LogP contribution in [0.4, 0.5) is 17.6 Å². The Labute approximate surface area is 260 Å². The Morgan fingerprint density at radius 1 is 1.11 bits per heavy atom. The number of aromatic nitrogens is 2. The van der Waals surface area contributed by atoms with E-state index in [0.29, 0.717) is 10.9 Å². The third-order valence-corrected chi connectivity index (χ3v) is 7.64. The van der Waals surface area contributed by atoms with Crippen molar-refractivity contribution in [3.63, 3.8) is 0 Å². The zero-order chi connectivity index (χ0) is 33.7. The lowest BCUT2D eigenvalue weighted by molar-refractivity contribution is -0.265. The standard InChI is InChI=1S/C32H30F4N4O6/c1-29(2,43)15-45-22-12-19(11-18-5-4-10-38-24(18)22)27(41)39-14-31(44,32(34,35)36)23-13-21-26(46-16-30(21,3)28(37)42)25(40-23)17-6-8-20(33)9-7-17/h4-13,43-44H,14-16H2,1-3H3,(H2,37,42)(H,39,41)/t30-,31-/m0/s1. The molecule has 2 aromatic carbocycles. The number of hydrogen-bond acceptors (Lipinski definition) is 8. The summed E-state index contributed by atoms with van der Waals surface area (Å²) < 4.78 is 69.3. The van der Waals surface area contributed by atoms with Gasteiger partial charge in [0, 0.05) is 28.3 Å². The lowest BCUT2D eigenvalue weighted by Gasteiger charge is -2.31. The van der Waals surface area contributed by atoms with Crippen molar-refractivity contribution in [2.24, 2.45) is 5.73 Å². The number of carbonyl (C=O) groups is 2. The summed E-state index contributed by atoms with van der Waals surface area (Å²) in [6.45, 7) is 2.51. The van der Waals surface area contributed by atoms with Gasteiger partial charge < -0.3 is 30.7 Å². The van der Waals surface area contributed by atoms with Gasteiger partial charge in [-0.05, 0) is 69.3 Å². The summed E-state index contributed by atoms with van der Waals surface area (Å²) >= 11 is 0. The van der Waals surface area contributed by atoms with Crippen molar-refractivity contribution in [3.8, 4) is 22.8 Å². The number of amides is 2. The molecule has 1 aliphatic rings. The number of nitrogens with two attached hydrogens (primary N) is 1. The molecule has 5 N–H and O–H groups in total. The second-order valence-corrected chi connectivity index (χ2v) is 11.9. The first-order valence-corrected chi connectivity index (χ1v) is 14.0. The summed E-state index contributed by atoms with van der Waals surface area (Å²) in [4.78, 5) is 34.0. The molecule has 0 spiro atoms. The molecule has 2 atom stereocenters. The second kappa shape index (κ2) is 11.5. The number of fused-ring (bicyclic) bond motifs is 2. The molecule has 1 aliphatic heterocycles. The Kier molecular flexibility index (Phi) is 8.15. The first-order chi connectivity index (χ1) is 21.4. The monoisotopic (exact) mass is 642 g/mol. The van der Waals surface area contributed by atoms with Crippen molar-refractivity contribution in [2.75, 3.05) is 19.8 Å².